The number of aryl methyl sites for hydroxylation is 1. The molecule has 0 aliphatic carbocycles. The highest BCUT2D eigenvalue weighted by atomic mass is 32.3. The van der Waals surface area contributed by atoms with Crippen LogP contribution in [0.3, 0.4) is 0 Å². The van der Waals surface area contributed by atoms with Crippen LogP contribution in [0.15, 0.2) is 17.0 Å². The molecule has 0 N–H and O–H groups in total. The predicted molar refractivity (Wildman–Crippen MR) is 72.8 cm³/mol. The van der Waals surface area contributed by atoms with Gasteiger partial charge in [-0.15, -0.1) is 3.89 Å². The summed E-state index contributed by atoms with van der Waals surface area (Å²) in [4.78, 5) is 10.8. The quantitative estimate of drug-likeness (QED) is 0.563. The summed E-state index contributed by atoms with van der Waals surface area (Å²) in [6.45, 7) is 1.88. The molecular formula is C13H17FO6S. The van der Waals surface area contributed by atoms with Crippen molar-refractivity contribution < 1.29 is 31.3 Å². The fourth-order valence-electron chi connectivity index (χ4n) is 1.79. The standard InChI is InChI=1S/C13H17FO6S/c1-4-20-13(15)6-5-9-7-10(18-2)11(19-3)8-12(9)21(14,16)17/h7-8H,4-6H2,1-3H3. The van der Waals surface area contributed by atoms with Gasteiger partial charge in [0.05, 0.1) is 20.8 Å². The molecular weight excluding hydrogens is 303 g/mol. The molecule has 0 spiro atoms. The van der Waals surface area contributed by atoms with E-state index < -0.39 is 21.1 Å². The number of halogens is 1. The van der Waals surface area contributed by atoms with Crippen LogP contribution in [0.5, 0.6) is 11.5 Å². The van der Waals surface area contributed by atoms with E-state index >= 15 is 0 Å². The van der Waals surface area contributed by atoms with E-state index in [2.05, 4.69) is 0 Å². The van der Waals surface area contributed by atoms with Crippen molar-refractivity contribution in [1.82, 2.24) is 0 Å². The van der Waals surface area contributed by atoms with Gasteiger partial charge >= 0.3 is 16.2 Å². The van der Waals surface area contributed by atoms with E-state index in [1.165, 1.54) is 20.3 Å². The van der Waals surface area contributed by atoms with E-state index in [9.17, 15) is 17.1 Å². The van der Waals surface area contributed by atoms with E-state index in [1.54, 1.807) is 6.92 Å². The molecule has 0 radical (unpaired) electrons. The van der Waals surface area contributed by atoms with Crippen molar-refractivity contribution in [3.05, 3.63) is 17.7 Å². The first-order valence-corrected chi connectivity index (χ1v) is 7.57. The molecule has 0 bridgehead atoms. The predicted octanol–water partition coefficient (Wildman–Crippen LogP) is 1.86. The average Bonchev–Trinajstić information content (AvgIpc) is 2.43. The van der Waals surface area contributed by atoms with Gasteiger partial charge in [0.15, 0.2) is 11.5 Å². The number of hydrogen-bond donors (Lipinski definition) is 0. The smallest absolute Gasteiger partial charge is 0.332 e. The van der Waals surface area contributed by atoms with Crippen molar-refractivity contribution in [1.29, 1.82) is 0 Å². The first-order valence-electron chi connectivity index (χ1n) is 6.18. The number of rotatable bonds is 7. The van der Waals surface area contributed by atoms with Crippen LogP contribution in [-0.4, -0.2) is 35.2 Å². The molecule has 1 aromatic rings. The van der Waals surface area contributed by atoms with Crippen molar-refractivity contribution in [2.75, 3.05) is 20.8 Å². The topological polar surface area (TPSA) is 78.9 Å². The van der Waals surface area contributed by atoms with Crippen LogP contribution in [0.2, 0.25) is 0 Å². The Bertz CT molecular complexity index is 611. The SMILES string of the molecule is CCOC(=O)CCc1cc(OC)c(OC)cc1S(=O)(=O)F. The maximum absolute atomic E-state index is 13.4. The van der Waals surface area contributed by atoms with Crippen molar-refractivity contribution in [2.24, 2.45) is 0 Å². The highest BCUT2D eigenvalue weighted by molar-refractivity contribution is 7.86. The van der Waals surface area contributed by atoms with Crippen LogP contribution in [0.25, 0.3) is 0 Å². The number of carbonyl (C=O) groups excluding carboxylic acids is 1. The van der Waals surface area contributed by atoms with Crippen LogP contribution in [0, 0.1) is 0 Å². The largest absolute Gasteiger partial charge is 0.493 e. The summed E-state index contributed by atoms with van der Waals surface area (Å²) in [5.41, 5.74) is 0.128. The Kier molecular flexibility index (Phi) is 5.95. The average molecular weight is 320 g/mol. The minimum Gasteiger partial charge on any atom is -0.493 e. The van der Waals surface area contributed by atoms with Crippen LogP contribution >= 0.6 is 0 Å². The fraction of sp³-hybridized carbons (Fsp3) is 0.462. The molecule has 0 saturated carbocycles. The van der Waals surface area contributed by atoms with E-state index in [0.29, 0.717) is 0 Å². The molecule has 0 aromatic heterocycles. The van der Waals surface area contributed by atoms with E-state index in [0.717, 1.165) is 6.07 Å². The van der Waals surface area contributed by atoms with Crippen LogP contribution in [-0.2, 0) is 26.2 Å². The molecule has 8 heteroatoms. The minimum atomic E-state index is -4.94. The van der Waals surface area contributed by atoms with Gasteiger partial charge in [-0.1, -0.05) is 0 Å². The van der Waals surface area contributed by atoms with E-state index in [-0.39, 0.29) is 36.5 Å². The lowest BCUT2D eigenvalue weighted by atomic mass is 10.1. The zero-order chi connectivity index (χ0) is 16.0. The number of methoxy groups -OCH3 is 2. The van der Waals surface area contributed by atoms with Gasteiger partial charge in [-0.05, 0) is 25.0 Å². The van der Waals surface area contributed by atoms with Crippen LogP contribution < -0.4 is 9.47 Å². The molecule has 0 aliphatic rings. The summed E-state index contributed by atoms with van der Waals surface area (Å²) in [5, 5.41) is 0. The fourth-order valence-corrected chi connectivity index (χ4v) is 2.52. The Morgan fingerprint density at radius 3 is 2.24 bits per heavy atom. The Morgan fingerprint density at radius 2 is 1.76 bits per heavy atom. The van der Waals surface area contributed by atoms with E-state index in [4.69, 9.17) is 14.2 Å². The molecule has 0 unspecified atom stereocenters. The Labute approximate surface area is 123 Å². The van der Waals surface area contributed by atoms with Gasteiger partial charge in [0.25, 0.3) is 0 Å². The van der Waals surface area contributed by atoms with Gasteiger partial charge in [-0.2, -0.15) is 8.42 Å². The van der Waals surface area contributed by atoms with Gasteiger partial charge in [0.1, 0.15) is 4.90 Å². The lowest BCUT2D eigenvalue weighted by molar-refractivity contribution is -0.143. The second kappa shape index (κ2) is 7.26. The van der Waals surface area contributed by atoms with Crippen molar-refractivity contribution in [2.45, 2.75) is 24.7 Å². The number of esters is 1. The third-order valence-electron chi connectivity index (χ3n) is 2.73. The normalized spacial score (nSPS) is 11.0. The molecule has 0 heterocycles. The van der Waals surface area contributed by atoms with Crippen molar-refractivity contribution in [3.8, 4) is 11.5 Å². The molecule has 21 heavy (non-hydrogen) atoms. The van der Waals surface area contributed by atoms with Crippen LogP contribution in [0.4, 0.5) is 3.89 Å². The molecule has 118 valence electrons. The molecule has 1 aromatic carbocycles. The van der Waals surface area contributed by atoms with Crippen LogP contribution in [0.1, 0.15) is 18.9 Å². The lowest BCUT2D eigenvalue weighted by Gasteiger charge is -2.12. The highest BCUT2D eigenvalue weighted by Gasteiger charge is 2.22. The Balaban J connectivity index is 3.18. The summed E-state index contributed by atoms with van der Waals surface area (Å²) >= 11 is 0. The third kappa shape index (κ3) is 4.59. The Morgan fingerprint density at radius 1 is 1.19 bits per heavy atom. The summed E-state index contributed by atoms with van der Waals surface area (Å²) < 4.78 is 50.5. The number of ether oxygens (including phenoxy) is 3. The lowest BCUT2D eigenvalue weighted by Crippen LogP contribution is -2.08. The maximum Gasteiger partial charge on any atom is 0.332 e. The molecule has 0 saturated heterocycles. The van der Waals surface area contributed by atoms with Gasteiger partial charge in [-0.25, -0.2) is 0 Å². The first kappa shape index (κ1) is 17.2. The second-order valence-corrected chi connectivity index (χ2v) is 5.37. The number of benzene rings is 1. The monoisotopic (exact) mass is 320 g/mol. The molecule has 0 fully saturated rings. The second-order valence-electron chi connectivity index (χ2n) is 4.06. The summed E-state index contributed by atoms with van der Waals surface area (Å²) in [5.74, 6) is -0.146. The molecule has 0 amide bonds. The molecule has 0 aliphatic heterocycles. The van der Waals surface area contributed by atoms with E-state index in [1.807, 2.05) is 0 Å². The molecule has 1 rings (SSSR count). The van der Waals surface area contributed by atoms with Crippen molar-refractivity contribution in [3.63, 3.8) is 0 Å². The Hall–Kier alpha value is -1.83. The van der Waals surface area contributed by atoms with Crippen molar-refractivity contribution >= 4 is 16.2 Å². The van der Waals surface area contributed by atoms with Gasteiger partial charge in [0, 0.05) is 12.5 Å². The van der Waals surface area contributed by atoms with Gasteiger partial charge in [-0.3, -0.25) is 4.79 Å². The summed E-state index contributed by atoms with van der Waals surface area (Å²) in [6, 6.07) is 2.37. The van der Waals surface area contributed by atoms with Gasteiger partial charge < -0.3 is 14.2 Å². The molecule has 6 nitrogen and oxygen atoms in total. The summed E-state index contributed by atoms with van der Waals surface area (Å²) in [6.07, 6.45) is -0.0521. The number of carbonyl (C=O) groups is 1. The van der Waals surface area contributed by atoms with Gasteiger partial charge in [0.2, 0.25) is 0 Å². The minimum absolute atomic E-state index is 0.0116. The highest BCUT2D eigenvalue weighted by Crippen LogP contribution is 2.34. The zero-order valence-corrected chi connectivity index (χ0v) is 12.8. The maximum atomic E-state index is 13.4. The molecule has 0 atom stereocenters. The third-order valence-corrected chi connectivity index (χ3v) is 3.64. The summed E-state index contributed by atoms with van der Waals surface area (Å²) in [7, 11) is -2.26. The first-order chi connectivity index (χ1) is 9.83. The number of hydrogen-bond acceptors (Lipinski definition) is 6. The zero-order valence-electron chi connectivity index (χ0n) is 12.0.